The minimum atomic E-state index is 0.151. The van der Waals surface area contributed by atoms with Gasteiger partial charge in [-0.05, 0) is 12.5 Å². The minimum Gasteiger partial charge on any atom is -0.387 e. The summed E-state index contributed by atoms with van der Waals surface area (Å²) in [6, 6.07) is 10.3. The largest absolute Gasteiger partial charge is 0.387 e. The predicted molar refractivity (Wildman–Crippen MR) is 61.3 cm³/mol. The van der Waals surface area contributed by atoms with Gasteiger partial charge in [-0.1, -0.05) is 44.2 Å². The summed E-state index contributed by atoms with van der Waals surface area (Å²) in [5.41, 5.74) is 7.01. The molecule has 1 unspecified atom stereocenters. The second-order valence-corrected chi connectivity index (χ2v) is 3.80. The lowest BCUT2D eigenvalue weighted by atomic mass is 10.1. The van der Waals surface area contributed by atoms with Gasteiger partial charge in [0.1, 0.15) is 0 Å². The van der Waals surface area contributed by atoms with Crippen LogP contribution in [0.2, 0.25) is 0 Å². The average molecular weight is 190 g/mol. The number of hydrogen-bond donors (Lipinski definition) is 1. The first kappa shape index (κ1) is 10.8. The Labute approximate surface area is 85.9 Å². The van der Waals surface area contributed by atoms with Crippen LogP contribution in [-0.4, -0.2) is 5.84 Å². The maximum absolute atomic E-state index is 5.80. The zero-order valence-corrected chi connectivity index (χ0v) is 9.07. The zero-order valence-electron chi connectivity index (χ0n) is 9.07. The molecule has 0 saturated heterocycles. The third kappa shape index (κ3) is 2.87. The highest BCUT2D eigenvalue weighted by atomic mass is 14.9. The molecule has 2 N–H and O–H groups in total. The van der Waals surface area contributed by atoms with E-state index >= 15 is 0 Å². The van der Waals surface area contributed by atoms with Gasteiger partial charge in [-0.25, -0.2) is 0 Å². The van der Waals surface area contributed by atoms with Crippen molar-refractivity contribution < 1.29 is 0 Å². The van der Waals surface area contributed by atoms with E-state index in [0.29, 0.717) is 5.92 Å². The number of benzene rings is 1. The molecule has 0 radical (unpaired) electrons. The Morgan fingerprint density at radius 1 is 1.14 bits per heavy atom. The van der Waals surface area contributed by atoms with Gasteiger partial charge in [-0.2, -0.15) is 0 Å². The molecule has 1 aromatic rings. The normalized spacial score (nSPS) is 14.4. The molecule has 2 nitrogen and oxygen atoms in total. The topological polar surface area (TPSA) is 38.4 Å². The maximum atomic E-state index is 5.80. The van der Waals surface area contributed by atoms with Crippen LogP contribution in [-0.2, 0) is 0 Å². The van der Waals surface area contributed by atoms with Crippen molar-refractivity contribution in [1.82, 2.24) is 0 Å². The van der Waals surface area contributed by atoms with Crippen molar-refractivity contribution in [3.63, 3.8) is 0 Å². The van der Waals surface area contributed by atoms with Crippen LogP contribution in [0.1, 0.15) is 32.4 Å². The summed E-state index contributed by atoms with van der Waals surface area (Å²) in [5, 5.41) is 0. The number of hydrogen-bond acceptors (Lipinski definition) is 1. The molecule has 76 valence electrons. The highest BCUT2D eigenvalue weighted by Gasteiger charge is 2.05. The van der Waals surface area contributed by atoms with Crippen LogP contribution in [0.5, 0.6) is 0 Å². The molecule has 0 spiro atoms. The summed E-state index contributed by atoms with van der Waals surface area (Å²) in [6.45, 7) is 6.16. The molecule has 0 bridgehead atoms. The van der Waals surface area contributed by atoms with E-state index in [1.165, 1.54) is 5.56 Å². The van der Waals surface area contributed by atoms with Crippen LogP contribution in [0.25, 0.3) is 0 Å². The van der Waals surface area contributed by atoms with Gasteiger partial charge in [0, 0.05) is 5.92 Å². The molecule has 14 heavy (non-hydrogen) atoms. The van der Waals surface area contributed by atoms with E-state index in [2.05, 4.69) is 37.9 Å². The maximum Gasteiger partial charge on any atom is 0.0970 e. The first-order chi connectivity index (χ1) is 6.61. The molecule has 1 atom stereocenters. The van der Waals surface area contributed by atoms with E-state index in [0.717, 1.165) is 5.84 Å². The molecule has 1 aromatic carbocycles. The Morgan fingerprint density at radius 2 is 1.71 bits per heavy atom. The SMILES string of the molecule is CC(C)C(N)=NC(C)c1ccccc1. The van der Waals surface area contributed by atoms with Gasteiger partial charge in [-0.15, -0.1) is 0 Å². The lowest BCUT2D eigenvalue weighted by Crippen LogP contribution is -2.19. The van der Waals surface area contributed by atoms with Crippen LogP contribution < -0.4 is 5.73 Å². The molecule has 1 rings (SSSR count). The molecule has 0 aliphatic carbocycles. The van der Waals surface area contributed by atoms with Gasteiger partial charge in [0.2, 0.25) is 0 Å². The smallest absolute Gasteiger partial charge is 0.0970 e. The molecule has 0 aliphatic rings. The van der Waals surface area contributed by atoms with E-state index in [1.807, 2.05) is 18.2 Å². The molecular formula is C12H18N2. The van der Waals surface area contributed by atoms with Gasteiger partial charge in [0.15, 0.2) is 0 Å². The molecule has 0 aliphatic heterocycles. The van der Waals surface area contributed by atoms with Gasteiger partial charge < -0.3 is 5.73 Å². The van der Waals surface area contributed by atoms with Crippen molar-refractivity contribution in [2.45, 2.75) is 26.8 Å². The van der Waals surface area contributed by atoms with Gasteiger partial charge >= 0.3 is 0 Å². The lowest BCUT2D eigenvalue weighted by Gasteiger charge is -2.10. The van der Waals surface area contributed by atoms with Crippen molar-refractivity contribution in [2.75, 3.05) is 0 Å². The number of nitrogens with zero attached hydrogens (tertiary/aromatic N) is 1. The van der Waals surface area contributed by atoms with E-state index in [-0.39, 0.29) is 6.04 Å². The first-order valence-electron chi connectivity index (χ1n) is 4.99. The van der Waals surface area contributed by atoms with Crippen molar-refractivity contribution >= 4 is 5.84 Å². The molecule has 0 aromatic heterocycles. The Kier molecular flexibility index (Phi) is 3.69. The van der Waals surface area contributed by atoms with Gasteiger partial charge in [-0.3, -0.25) is 4.99 Å². The first-order valence-corrected chi connectivity index (χ1v) is 4.99. The average Bonchev–Trinajstić information content (AvgIpc) is 2.19. The number of rotatable bonds is 3. The second kappa shape index (κ2) is 4.80. The minimum absolute atomic E-state index is 0.151. The molecule has 0 fully saturated rings. The molecule has 0 heterocycles. The van der Waals surface area contributed by atoms with E-state index < -0.39 is 0 Å². The molecule has 2 heteroatoms. The van der Waals surface area contributed by atoms with Gasteiger partial charge in [0.05, 0.1) is 11.9 Å². The number of nitrogens with two attached hydrogens (primary N) is 1. The third-order valence-electron chi connectivity index (χ3n) is 2.22. The van der Waals surface area contributed by atoms with Crippen LogP contribution in [0.4, 0.5) is 0 Å². The number of aliphatic imine (C=N–C) groups is 1. The van der Waals surface area contributed by atoms with Crippen molar-refractivity contribution in [1.29, 1.82) is 0 Å². The van der Waals surface area contributed by atoms with Crippen LogP contribution >= 0.6 is 0 Å². The molecular weight excluding hydrogens is 172 g/mol. The summed E-state index contributed by atoms with van der Waals surface area (Å²) in [6.07, 6.45) is 0. The summed E-state index contributed by atoms with van der Waals surface area (Å²) in [7, 11) is 0. The zero-order chi connectivity index (χ0) is 10.6. The van der Waals surface area contributed by atoms with Crippen LogP contribution in [0.3, 0.4) is 0 Å². The Bertz CT molecular complexity index is 301. The standard InChI is InChI=1S/C12H18N2/c1-9(2)12(13)14-10(3)11-7-5-4-6-8-11/h4-10H,1-3H3,(H2,13,14). The fourth-order valence-electron chi connectivity index (χ4n) is 1.18. The fourth-order valence-corrected chi connectivity index (χ4v) is 1.18. The summed E-state index contributed by atoms with van der Waals surface area (Å²) >= 11 is 0. The highest BCUT2D eigenvalue weighted by Crippen LogP contribution is 2.16. The van der Waals surface area contributed by atoms with Gasteiger partial charge in [0.25, 0.3) is 0 Å². The summed E-state index contributed by atoms with van der Waals surface area (Å²) in [5.74, 6) is 1.04. The lowest BCUT2D eigenvalue weighted by molar-refractivity contribution is 0.780. The quantitative estimate of drug-likeness (QED) is 0.577. The summed E-state index contributed by atoms with van der Waals surface area (Å²) in [4.78, 5) is 4.44. The van der Waals surface area contributed by atoms with Crippen LogP contribution in [0, 0.1) is 5.92 Å². The number of amidine groups is 1. The van der Waals surface area contributed by atoms with E-state index in [4.69, 9.17) is 5.73 Å². The van der Waals surface area contributed by atoms with Crippen LogP contribution in [0.15, 0.2) is 35.3 Å². The monoisotopic (exact) mass is 190 g/mol. The van der Waals surface area contributed by atoms with E-state index in [9.17, 15) is 0 Å². The Hall–Kier alpha value is -1.31. The highest BCUT2D eigenvalue weighted by molar-refractivity contribution is 5.82. The van der Waals surface area contributed by atoms with E-state index in [1.54, 1.807) is 0 Å². The van der Waals surface area contributed by atoms with Crippen molar-refractivity contribution in [3.05, 3.63) is 35.9 Å². The predicted octanol–water partition coefficient (Wildman–Crippen LogP) is 2.76. The molecule has 0 saturated carbocycles. The molecule has 0 amide bonds. The van der Waals surface area contributed by atoms with Crippen molar-refractivity contribution in [3.8, 4) is 0 Å². The second-order valence-electron chi connectivity index (χ2n) is 3.80. The summed E-state index contributed by atoms with van der Waals surface area (Å²) < 4.78 is 0. The third-order valence-corrected chi connectivity index (χ3v) is 2.22. The Morgan fingerprint density at radius 3 is 2.21 bits per heavy atom. The van der Waals surface area contributed by atoms with Crippen molar-refractivity contribution in [2.24, 2.45) is 16.6 Å². The Balaban J connectivity index is 2.77. The fraction of sp³-hybridized carbons (Fsp3) is 0.417.